The minimum Gasteiger partial charge on any atom is -0.495 e. The monoisotopic (exact) mass is 345 g/mol. The first kappa shape index (κ1) is 17.3. The predicted octanol–water partition coefficient (Wildman–Crippen LogP) is 3.95. The number of carbonyl (C=O) groups is 1. The van der Waals surface area contributed by atoms with E-state index >= 15 is 0 Å². The van der Waals surface area contributed by atoms with Gasteiger partial charge in [0.05, 0.1) is 18.5 Å². The van der Waals surface area contributed by atoms with Crippen molar-refractivity contribution >= 4 is 28.9 Å². The van der Waals surface area contributed by atoms with Gasteiger partial charge >= 0.3 is 0 Å². The molecule has 0 aliphatic carbocycles. The predicted molar refractivity (Wildman–Crippen MR) is 90.4 cm³/mol. The lowest BCUT2D eigenvalue weighted by Crippen LogP contribution is -2.15. The van der Waals surface area contributed by atoms with Crippen LogP contribution < -0.4 is 15.4 Å². The topological polar surface area (TPSA) is 74.1 Å². The highest BCUT2D eigenvalue weighted by Gasteiger charge is 2.13. The normalized spacial score (nSPS) is 10.7. The number of nitriles is 1. The van der Waals surface area contributed by atoms with E-state index in [1.54, 1.807) is 24.3 Å². The number of nitrogens with zero attached hydrogens (tertiary/aromatic N) is 1. The lowest BCUT2D eigenvalue weighted by Gasteiger charge is -2.10. The molecule has 24 heavy (non-hydrogen) atoms. The number of hydrogen-bond donors (Lipinski definition) is 2. The van der Waals surface area contributed by atoms with Gasteiger partial charge in [-0.1, -0.05) is 23.7 Å². The van der Waals surface area contributed by atoms with Gasteiger partial charge in [-0.25, -0.2) is 4.39 Å². The molecule has 2 aromatic rings. The van der Waals surface area contributed by atoms with Crippen LogP contribution in [0.4, 0.5) is 15.8 Å². The highest BCUT2D eigenvalue weighted by atomic mass is 35.5. The van der Waals surface area contributed by atoms with Crippen LogP contribution in [0.3, 0.4) is 0 Å². The van der Waals surface area contributed by atoms with E-state index in [1.807, 2.05) is 0 Å². The van der Waals surface area contributed by atoms with Crippen LogP contribution in [-0.4, -0.2) is 13.0 Å². The molecule has 0 spiro atoms. The van der Waals surface area contributed by atoms with Crippen molar-refractivity contribution in [3.63, 3.8) is 0 Å². The molecule has 0 unspecified atom stereocenters. The Kier molecular flexibility index (Phi) is 5.77. The Morgan fingerprint density at radius 3 is 2.71 bits per heavy atom. The van der Waals surface area contributed by atoms with Crippen molar-refractivity contribution < 1.29 is 13.9 Å². The van der Waals surface area contributed by atoms with Crippen molar-refractivity contribution in [2.45, 2.75) is 0 Å². The zero-order chi connectivity index (χ0) is 17.5. The number of benzene rings is 2. The van der Waals surface area contributed by atoms with Crippen molar-refractivity contribution in [3.05, 3.63) is 65.1 Å². The first-order chi connectivity index (χ1) is 11.5. The summed E-state index contributed by atoms with van der Waals surface area (Å²) < 4.78 is 18.6. The fourth-order valence-corrected chi connectivity index (χ4v) is 2.02. The van der Waals surface area contributed by atoms with Crippen LogP contribution in [0.15, 0.2) is 54.2 Å². The Balaban J connectivity index is 2.18. The molecule has 2 N–H and O–H groups in total. The summed E-state index contributed by atoms with van der Waals surface area (Å²) in [4.78, 5) is 12.2. The second kappa shape index (κ2) is 7.99. The highest BCUT2D eigenvalue weighted by Crippen LogP contribution is 2.28. The zero-order valence-corrected chi connectivity index (χ0v) is 13.4. The van der Waals surface area contributed by atoms with E-state index in [-0.39, 0.29) is 11.3 Å². The van der Waals surface area contributed by atoms with Gasteiger partial charge in [0.25, 0.3) is 5.91 Å². The van der Waals surface area contributed by atoms with Crippen LogP contribution in [0, 0.1) is 17.1 Å². The summed E-state index contributed by atoms with van der Waals surface area (Å²) in [6.45, 7) is 0. The minimum atomic E-state index is -0.679. The van der Waals surface area contributed by atoms with Gasteiger partial charge in [0.2, 0.25) is 0 Å². The van der Waals surface area contributed by atoms with Gasteiger partial charge in [-0.15, -0.1) is 0 Å². The SMILES string of the molecule is COc1ccc(Cl)cc1NC(=O)/C(C#N)=C\Nc1ccccc1F. The molecule has 2 aromatic carbocycles. The van der Waals surface area contributed by atoms with Crippen molar-refractivity contribution in [1.29, 1.82) is 5.26 Å². The van der Waals surface area contributed by atoms with Crippen LogP contribution in [0.1, 0.15) is 0 Å². The van der Waals surface area contributed by atoms with Gasteiger partial charge in [-0.05, 0) is 30.3 Å². The Labute approximate surface area is 143 Å². The van der Waals surface area contributed by atoms with Crippen LogP contribution in [0.2, 0.25) is 5.02 Å². The van der Waals surface area contributed by atoms with Crippen molar-refractivity contribution in [2.24, 2.45) is 0 Å². The molecule has 0 aromatic heterocycles. The highest BCUT2D eigenvalue weighted by molar-refractivity contribution is 6.31. The number of carbonyl (C=O) groups excluding carboxylic acids is 1. The van der Waals surface area contributed by atoms with Crippen molar-refractivity contribution in [2.75, 3.05) is 17.7 Å². The average Bonchev–Trinajstić information content (AvgIpc) is 2.57. The van der Waals surface area contributed by atoms with E-state index in [9.17, 15) is 9.18 Å². The lowest BCUT2D eigenvalue weighted by molar-refractivity contribution is -0.112. The summed E-state index contributed by atoms with van der Waals surface area (Å²) in [5, 5.41) is 14.7. The molecule has 0 aliphatic rings. The number of para-hydroxylation sites is 1. The van der Waals surface area contributed by atoms with Crippen LogP contribution in [-0.2, 0) is 4.79 Å². The van der Waals surface area contributed by atoms with E-state index in [2.05, 4.69) is 10.6 Å². The average molecular weight is 346 g/mol. The molecule has 1 amide bonds. The van der Waals surface area contributed by atoms with E-state index < -0.39 is 11.7 Å². The standard InChI is InChI=1S/C17H13ClFN3O2/c1-24-16-7-6-12(18)8-15(16)22-17(23)11(9-20)10-21-14-5-3-2-4-13(14)19/h2-8,10,21H,1H3,(H,22,23)/b11-10-. The maximum Gasteiger partial charge on any atom is 0.267 e. The molecule has 0 radical (unpaired) electrons. The molecular formula is C17H13ClFN3O2. The third-order valence-corrected chi connectivity index (χ3v) is 3.26. The first-order valence-corrected chi connectivity index (χ1v) is 7.19. The number of anilines is 2. The van der Waals surface area contributed by atoms with Crippen LogP contribution in [0.25, 0.3) is 0 Å². The molecular weight excluding hydrogens is 333 g/mol. The number of ether oxygens (including phenoxy) is 1. The van der Waals surface area contributed by atoms with Gasteiger partial charge in [0.1, 0.15) is 23.2 Å². The first-order valence-electron chi connectivity index (χ1n) is 6.81. The number of methoxy groups -OCH3 is 1. The molecule has 0 fully saturated rings. The van der Waals surface area contributed by atoms with Crippen LogP contribution >= 0.6 is 11.6 Å². The van der Waals surface area contributed by atoms with Gasteiger partial charge in [0, 0.05) is 11.2 Å². The van der Waals surface area contributed by atoms with Crippen LogP contribution in [0.5, 0.6) is 5.75 Å². The molecule has 0 bridgehead atoms. The van der Waals surface area contributed by atoms with E-state index in [4.69, 9.17) is 21.6 Å². The van der Waals surface area contributed by atoms with E-state index in [0.717, 1.165) is 6.20 Å². The molecule has 122 valence electrons. The third kappa shape index (κ3) is 4.24. The summed E-state index contributed by atoms with van der Waals surface area (Å²) in [5.74, 6) is -0.781. The summed E-state index contributed by atoms with van der Waals surface area (Å²) >= 11 is 5.89. The third-order valence-electron chi connectivity index (χ3n) is 3.02. The molecule has 2 rings (SSSR count). The number of rotatable bonds is 5. The minimum absolute atomic E-state index is 0.151. The maximum absolute atomic E-state index is 13.5. The molecule has 7 heteroatoms. The Bertz CT molecular complexity index is 831. The quantitative estimate of drug-likeness (QED) is 0.635. The summed E-state index contributed by atoms with van der Waals surface area (Å²) in [7, 11) is 1.44. The summed E-state index contributed by atoms with van der Waals surface area (Å²) in [6.07, 6.45) is 1.13. The van der Waals surface area contributed by atoms with Gasteiger partial charge in [0.15, 0.2) is 0 Å². The molecule has 0 heterocycles. The van der Waals surface area contributed by atoms with Gasteiger partial charge in [-0.3, -0.25) is 4.79 Å². The Morgan fingerprint density at radius 1 is 1.29 bits per heavy atom. The van der Waals surface area contributed by atoms with Crippen molar-refractivity contribution in [3.8, 4) is 11.8 Å². The Morgan fingerprint density at radius 2 is 2.04 bits per heavy atom. The largest absolute Gasteiger partial charge is 0.495 e. The lowest BCUT2D eigenvalue weighted by atomic mass is 10.2. The van der Waals surface area contributed by atoms with E-state index in [0.29, 0.717) is 16.5 Å². The number of hydrogen-bond acceptors (Lipinski definition) is 4. The second-order valence-corrected chi connectivity index (χ2v) is 5.03. The summed E-state index contributed by atoms with van der Waals surface area (Å²) in [6, 6.07) is 12.4. The van der Waals surface area contributed by atoms with E-state index in [1.165, 1.54) is 31.4 Å². The fraction of sp³-hybridized carbons (Fsp3) is 0.0588. The molecule has 0 saturated carbocycles. The number of amides is 1. The zero-order valence-electron chi connectivity index (χ0n) is 12.6. The second-order valence-electron chi connectivity index (χ2n) is 4.59. The number of nitrogens with one attached hydrogen (secondary N) is 2. The molecule has 5 nitrogen and oxygen atoms in total. The molecule has 0 aliphatic heterocycles. The maximum atomic E-state index is 13.5. The number of halogens is 2. The Hall–Kier alpha value is -3.04. The summed E-state index contributed by atoms with van der Waals surface area (Å²) in [5.41, 5.74) is 0.237. The van der Waals surface area contributed by atoms with Crippen molar-refractivity contribution in [1.82, 2.24) is 0 Å². The molecule has 0 atom stereocenters. The molecule has 0 saturated heterocycles. The van der Waals surface area contributed by atoms with Gasteiger partial charge < -0.3 is 15.4 Å². The smallest absolute Gasteiger partial charge is 0.267 e. The fourth-order valence-electron chi connectivity index (χ4n) is 1.84. The van der Waals surface area contributed by atoms with Gasteiger partial charge in [-0.2, -0.15) is 5.26 Å².